The Bertz CT molecular complexity index is 513. The minimum Gasteiger partial charge on any atom is -0.378 e. The molecule has 0 radical (unpaired) electrons. The predicted octanol–water partition coefficient (Wildman–Crippen LogP) is 3.52. The van der Waals surface area contributed by atoms with Crippen molar-refractivity contribution in [3.63, 3.8) is 0 Å². The Hall–Kier alpha value is -0.550. The summed E-state index contributed by atoms with van der Waals surface area (Å²) in [6.45, 7) is 5.46. The number of aromatic nitrogens is 1. The topological polar surface area (TPSA) is 25.4 Å². The molecule has 1 saturated heterocycles. The van der Waals surface area contributed by atoms with Gasteiger partial charge in [-0.25, -0.2) is 4.98 Å². The second-order valence-electron chi connectivity index (χ2n) is 4.14. The smallest absolute Gasteiger partial charge is 0.186 e. The lowest BCUT2D eigenvalue weighted by atomic mass is 10.2. The van der Waals surface area contributed by atoms with Crippen molar-refractivity contribution in [2.75, 3.05) is 31.2 Å². The van der Waals surface area contributed by atoms with Crippen LogP contribution in [0.25, 0.3) is 10.2 Å². The van der Waals surface area contributed by atoms with Crippen molar-refractivity contribution in [2.24, 2.45) is 0 Å². The summed E-state index contributed by atoms with van der Waals surface area (Å²) in [5.41, 5.74) is 2.21. The number of fused-ring (bicyclic) bond motifs is 1. The second-order valence-corrected chi connectivity index (χ2v) is 5.52. The number of benzene rings is 1. The zero-order valence-corrected chi connectivity index (χ0v) is 12.4. The van der Waals surface area contributed by atoms with Gasteiger partial charge in [-0.3, -0.25) is 0 Å². The van der Waals surface area contributed by atoms with Crippen molar-refractivity contribution >= 4 is 50.7 Å². The number of ether oxygens (including phenoxy) is 1. The van der Waals surface area contributed by atoms with Crippen LogP contribution in [0.2, 0.25) is 5.02 Å². The SMILES string of the molecule is Cc1ccc(Cl)c2sc(N3CCOCC3)nc12.Cl. The predicted molar refractivity (Wildman–Crippen MR) is 79.6 cm³/mol. The van der Waals surface area contributed by atoms with Crippen molar-refractivity contribution < 1.29 is 4.74 Å². The summed E-state index contributed by atoms with van der Waals surface area (Å²) in [4.78, 5) is 6.97. The zero-order chi connectivity index (χ0) is 11.8. The van der Waals surface area contributed by atoms with Crippen LogP contribution in [-0.2, 0) is 4.74 Å². The number of thiazole rings is 1. The minimum absolute atomic E-state index is 0. The summed E-state index contributed by atoms with van der Waals surface area (Å²) in [5, 5.41) is 1.85. The highest BCUT2D eigenvalue weighted by Gasteiger charge is 2.17. The van der Waals surface area contributed by atoms with Crippen LogP contribution in [0.5, 0.6) is 0 Å². The molecule has 2 aromatic rings. The summed E-state index contributed by atoms with van der Waals surface area (Å²) >= 11 is 7.88. The molecule has 1 fully saturated rings. The Morgan fingerprint density at radius 3 is 2.72 bits per heavy atom. The molecule has 3 rings (SSSR count). The van der Waals surface area contributed by atoms with Gasteiger partial charge < -0.3 is 9.64 Å². The molecule has 0 N–H and O–H groups in total. The van der Waals surface area contributed by atoms with Gasteiger partial charge in [0.05, 0.1) is 28.5 Å². The number of hydrogen-bond donors (Lipinski definition) is 0. The fraction of sp³-hybridized carbons (Fsp3) is 0.417. The van der Waals surface area contributed by atoms with Crippen LogP contribution >= 0.6 is 35.3 Å². The fourth-order valence-corrected chi connectivity index (χ4v) is 3.35. The van der Waals surface area contributed by atoms with E-state index < -0.39 is 0 Å². The van der Waals surface area contributed by atoms with Gasteiger partial charge in [-0.15, -0.1) is 12.4 Å². The monoisotopic (exact) mass is 304 g/mol. The Kier molecular flexibility index (Phi) is 4.33. The minimum atomic E-state index is 0. The first kappa shape index (κ1) is 13.9. The normalized spacial score (nSPS) is 15.8. The second kappa shape index (κ2) is 5.61. The fourth-order valence-electron chi connectivity index (χ4n) is 1.98. The van der Waals surface area contributed by atoms with Crippen molar-refractivity contribution in [1.29, 1.82) is 0 Å². The van der Waals surface area contributed by atoms with Gasteiger partial charge in [-0.1, -0.05) is 29.0 Å². The van der Waals surface area contributed by atoms with Crippen molar-refractivity contribution in [3.8, 4) is 0 Å². The zero-order valence-electron chi connectivity index (χ0n) is 9.98. The first-order valence-corrected chi connectivity index (χ1v) is 6.83. The number of halogens is 2. The van der Waals surface area contributed by atoms with E-state index in [2.05, 4.69) is 11.8 Å². The standard InChI is InChI=1S/C12H13ClN2OS.ClH/c1-8-2-3-9(13)11-10(8)14-12(17-11)15-4-6-16-7-5-15;/h2-3H,4-7H2,1H3;1H. The third kappa shape index (κ3) is 2.43. The van der Waals surface area contributed by atoms with Crippen LogP contribution < -0.4 is 4.90 Å². The van der Waals surface area contributed by atoms with E-state index in [1.54, 1.807) is 11.3 Å². The molecule has 0 bridgehead atoms. The highest BCUT2D eigenvalue weighted by atomic mass is 35.5. The van der Waals surface area contributed by atoms with E-state index in [0.717, 1.165) is 46.7 Å². The molecule has 0 spiro atoms. The van der Waals surface area contributed by atoms with Crippen LogP contribution in [0.15, 0.2) is 12.1 Å². The Labute approximate surface area is 121 Å². The lowest BCUT2D eigenvalue weighted by Crippen LogP contribution is -2.36. The summed E-state index contributed by atoms with van der Waals surface area (Å²) in [7, 11) is 0. The van der Waals surface area contributed by atoms with E-state index in [1.165, 1.54) is 5.56 Å². The molecule has 6 heteroatoms. The molecule has 0 amide bonds. The van der Waals surface area contributed by atoms with E-state index in [9.17, 15) is 0 Å². The van der Waals surface area contributed by atoms with Crippen LogP contribution in [-0.4, -0.2) is 31.3 Å². The molecule has 1 aromatic heterocycles. The lowest BCUT2D eigenvalue weighted by molar-refractivity contribution is 0.122. The van der Waals surface area contributed by atoms with Crippen molar-refractivity contribution in [3.05, 3.63) is 22.7 Å². The van der Waals surface area contributed by atoms with Gasteiger partial charge >= 0.3 is 0 Å². The molecule has 2 heterocycles. The average molecular weight is 305 g/mol. The molecular formula is C12H14Cl2N2OS. The summed E-state index contributed by atoms with van der Waals surface area (Å²) < 4.78 is 6.44. The maximum Gasteiger partial charge on any atom is 0.186 e. The summed E-state index contributed by atoms with van der Waals surface area (Å²) in [5.74, 6) is 0. The molecule has 0 aliphatic carbocycles. The molecular weight excluding hydrogens is 291 g/mol. The van der Waals surface area contributed by atoms with E-state index >= 15 is 0 Å². The Morgan fingerprint density at radius 2 is 2.06 bits per heavy atom. The van der Waals surface area contributed by atoms with Gasteiger partial charge in [0.1, 0.15) is 0 Å². The Morgan fingerprint density at radius 1 is 1.33 bits per heavy atom. The first-order chi connectivity index (χ1) is 8.25. The third-order valence-electron chi connectivity index (χ3n) is 2.97. The maximum atomic E-state index is 6.21. The average Bonchev–Trinajstić information content (AvgIpc) is 2.81. The largest absolute Gasteiger partial charge is 0.378 e. The number of hydrogen-bond acceptors (Lipinski definition) is 4. The number of anilines is 1. The summed E-state index contributed by atoms with van der Waals surface area (Å²) in [6.07, 6.45) is 0. The van der Waals surface area contributed by atoms with Gasteiger partial charge in [-0.2, -0.15) is 0 Å². The van der Waals surface area contributed by atoms with Crippen molar-refractivity contribution in [2.45, 2.75) is 6.92 Å². The van der Waals surface area contributed by atoms with E-state index in [-0.39, 0.29) is 12.4 Å². The van der Waals surface area contributed by atoms with Gasteiger partial charge in [0.2, 0.25) is 0 Å². The molecule has 0 saturated carbocycles. The first-order valence-electron chi connectivity index (χ1n) is 5.64. The molecule has 1 aliphatic heterocycles. The van der Waals surface area contributed by atoms with Crippen LogP contribution in [0.4, 0.5) is 5.13 Å². The number of aryl methyl sites for hydroxylation is 1. The van der Waals surface area contributed by atoms with Crippen LogP contribution in [0.3, 0.4) is 0 Å². The molecule has 0 unspecified atom stereocenters. The molecule has 1 aliphatic rings. The quantitative estimate of drug-likeness (QED) is 0.806. The lowest BCUT2D eigenvalue weighted by Gasteiger charge is -2.25. The van der Waals surface area contributed by atoms with Gasteiger partial charge in [0, 0.05) is 13.1 Å². The van der Waals surface area contributed by atoms with Gasteiger partial charge in [0.25, 0.3) is 0 Å². The molecule has 98 valence electrons. The summed E-state index contributed by atoms with van der Waals surface area (Å²) in [6, 6.07) is 3.97. The molecule has 18 heavy (non-hydrogen) atoms. The van der Waals surface area contributed by atoms with Crippen molar-refractivity contribution in [1.82, 2.24) is 4.98 Å². The highest BCUT2D eigenvalue weighted by molar-refractivity contribution is 7.22. The molecule has 0 atom stereocenters. The van der Waals surface area contributed by atoms with E-state index in [4.69, 9.17) is 21.3 Å². The van der Waals surface area contributed by atoms with Crippen LogP contribution in [0.1, 0.15) is 5.56 Å². The Balaban J connectivity index is 0.00000120. The van der Waals surface area contributed by atoms with Gasteiger partial charge in [0.15, 0.2) is 5.13 Å². The van der Waals surface area contributed by atoms with E-state index in [1.807, 2.05) is 12.1 Å². The maximum absolute atomic E-state index is 6.21. The van der Waals surface area contributed by atoms with E-state index in [0.29, 0.717) is 0 Å². The number of nitrogens with zero attached hydrogens (tertiary/aromatic N) is 2. The highest BCUT2D eigenvalue weighted by Crippen LogP contribution is 2.35. The number of morpholine rings is 1. The molecule has 3 nitrogen and oxygen atoms in total. The number of rotatable bonds is 1. The van der Waals surface area contributed by atoms with Crippen LogP contribution in [0, 0.1) is 6.92 Å². The third-order valence-corrected chi connectivity index (χ3v) is 4.54. The molecule has 1 aromatic carbocycles. The van der Waals surface area contributed by atoms with Gasteiger partial charge in [-0.05, 0) is 18.6 Å².